The minimum Gasteiger partial charge on any atom is -0.345 e. The first-order valence-corrected chi connectivity index (χ1v) is 9.56. The topological polar surface area (TPSA) is 96.9 Å². The zero-order valence-electron chi connectivity index (χ0n) is 15.3. The lowest BCUT2D eigenvalue weighted by atomic mass is 9.79. The van der Waals surface area contributed by atoms with Crippen molar-refractivity contribution >= 4 is 29.2 Å². The van der Waals surface area contributed by atoms with Gasteiger partial charge in [0.2, 0.25) is 5.91 Å². The van der Waals surface area contributed by atoms with Crippen molar-refractivity contribution in [3.05, 3.63) is 82.0 Å². The van der Waals surface area contributed by atoms with E-state index in [0.29, 0.717) is 35.1 Å². The first-order valence-electron chi connectivity index (χ1n) is 9.18. The van der Waals surface area contributed by atoms with Crippen LogP contribution in [0.15, 0.2) is 48.9 Å². The number of carbonyl (C=O) groups excluding carboxylic acids is 2. The molecule has 0 saturated carbocycles. The van der Waals surface area contributed by atoms with Crippen molar-refractivity contribution in [1.82, 2.24) is 20.3 Å². The van der Waals surface area contributed by atoms with E-state index in [1.54, 1.807) is 30.6 Å². The summed E-state index contributed by atoms with van der Waals surface area (Å²) in [6, 6.07) is 9.03. The Hall–Kier alpha value is -3.32. The molecule has 0 saturated heterocycles. The van der Waals surface area contributed by atoms with Crippen LogP contribution in [-0.4, -0.2) is 26.8 Å². The molecule has 8 heteroatoms. The van der Waals surface area contributed by atoms with Crippen molar-refractivity contribution in [3.8, 4) is 0 Å². The van der Waals surface area contributed by atoms with Gasteiger partial charge in [0.25, 0.3) is 5.91 Å². The molecule has 0 fully saturated rings. The third kappa shape index (κ3) is 2.94. The Morgan fingerprint density at radius 3 is 2.83 bits per heavy atom. The van der Waals surface area contributed by atoms with E-state index in [2.05, 4.69) is 25.6 Å². The summed E-state index contributed by atoms with van der Waals surface area (Å²) in [5.41, 5.74) is 3.19. The molecule has 3 aromatic rings. The lowest BCUT2D eigenvalue weighted by Gasteiger charge is -2.20. The number of hydrogen-bond acceptors (Lipinski definition) is 5. The van der Waals surface area contributed by atoms with Crippen LogP contribution in [0.2, 0.25) is 5.02 Å². The van der Waals surface area contributed by atoms with E-state index in [1.165, 1.54) is 6.20 Å². The van der Waals surface area contributed by atoms with E-state index >= 15 is 0 Å². The van der Waals surface area contributed by atoms with Crippen LogP contribution in [0.25, 0.3) is 0 Å². The predicted octanol–water partition coefficient (Wildman–Crippen LogP) is 2.44. The highest BCUT2D eigenvalue weighted by molar-refractivity contribution is 6.30. The number of anilines is 1. The molecule has 7 nitrogen and oxygen atoms in total. The Kier molecular flexibility index (Phi) is 4.06. The molecule has 1 aliphatic carbocycles. The third-order valence-corrected chi connectivity index (χ3v) is 5.73. The van der Waals surface area contributed by atoms with Gasteiger partial charge in [-0.05, 0) is 48.2 Å². The number of hydrogen-bond donors (Lipinski definition) is 2. The second-order valence-electron chi connectivity index (χ2n) is 7.28. The van der Waals surface area contributed by atoms with Gasteiger partial charge in [-0.25, -0.2) is 4.98 Å². The smallest absolute Gasteiger partial charge is 0.270 e. The fourth-order valence-electron chi connectivity index (χ4n) is 4.05. The second-order valence-corrected chi connectivity index (χ2v) is 7.71. The van der Waals surface area contributed by atoms with E-state index in [0.717, 1.165) is 16.7 Å². The summed E-state index contributed by atoms with van der Waals surface area (Å²) < 4.78 is 0. The molecule has 0 aromatic carbocycles. The average Bonchev–Trinajstić information content (AvgIpc) is 3.25. The van der Waals surface area contributed by atoms with Crippen molar-refractivity contribution in [1.29, 1.82) is 0 Å². The van der Waals surface area contributed by atoms with Gasteiger partial charge in [0, 0.05) is 24.2 Å². The third-order valence-electron chi connectivity index (χ3n) is 5.51. The van der Waals surface area contributed by atoms with Crippen molar-refractivity contribution in [2.24, 2.45) is 0 Å². The van der Waals surface area contributed by atoms with E-state index in [1.807, 2.05) is 12.1 Å². The van der Waals surface area contributed by atoms with E-state index in [-0.39, 0.29) is 18.4 Å². The number of carbonyl (C=O) groups is 2. The second kappa shape index (κ2) is 6.63. The number of nitrogens with zero attached hydrogens (tertiary/aromatic N) is 3. The van der Waals surface area contributed by atoms with Crippen LogP contribution in [0.1, 0.15) is 32.9 Å². The summed E-state index contributed by atoms with van der Waals surface area (Å²) in [5.74, 6) is 0.275. The number of aromatic nitrogens is 3. The predicted molar refractivity (Wildman–Crippen MR) is 107 cm³/mol. The summed E-state index contributed by atoms with van der Waals surface area (Å²) in [4.78, 5) is 38.0. The molecule has 2 aliphatic rings. The van der Waals surface area contributed by atoms with Crippen LogP contribution in [0.4, 0.5) is 5.82 Å². The molecule has 1 atom stereocenters. The molecule has 0 radical (unpaired) electrons. The normalized spacial score (nSPS) is 19.0. The minimum atomic E-state index is -0.671. The minimum absolute atomic E-state index is 0.0535. The Balaban J connectivity index is 1.36. The molecule has 29 heavy (non-hydrogen) atoms. The molecule has 1 spiro atoms. The number of halogens is 1. The van der Waals surface area contributed by atoms with Gasteiger partial charge in [-0.1, -0.05) is 17.7 Å². The van der Waals surface area contributed by atoms with Gasteiger partial charge >= 0.3 is 0 Å². The highest BCUT2D eigenvalue weighted by atomic mass is 35.5. The number of pyridine rings is 3. The summed E-state index contributed by atoms with van der Waals surface area (Å²) in [6.07, 6.45) is 5.97. The number of rotatable bonds is 3. The summed E-state index contributed by atoms with van der Waals surface area (Å²) in [7, 11) is 0. The molecular formula is C21H16ClN5O2. The van der Waals surface area contributed by atoms with Crippen molar-refractivity contribution in [3.63, 3.8) is 0 Å². The van der Waals surface area contributed by atoms with Gasteiger partial charge in [-0.15, -0.1) is 0 Å². The van der Waals surface area contributed by atoms with Gasteiger partial charge in [0.1, 0.15) is 11.5 Å². The van der Waals surface area contributed by atoms with Gasteiger partial charge < -0.3 is 10.6 Å². The molecule has 4 heterocycles. The van der Waals surface area contributed by atoms with Gasteiger partial charge in [-0.2, -0.15) is 0 Å². The lowest BCUT2D eigenvalue weighted by molar-refractivity contribution is -0.120. The monoisotopic (exact) mass is 405 g/mol. The lowest BCUT2D eigenvalue weighted by Crippen LogP contribution is -2.35. The summed E-state index contributed by atoms with van der Waals surface area (Å²) in [5, 5.41) is 6.24. The molecule has 5 rings (SSSR count). The van der Waals surface area contributed by atoms with Crippen molar-refractivity contribution in [2.75, 3.05) is 5.32 Å². The number of amides is 2. The SMILES string of the molecule is O=C(NCc1ccc(Cl)cn1)c1cc2c(cn1)CC1(C2)C(=O)Nc2ncccc21. The highest BCUT2D eigenvalue weighted by Gasteiger charge is 2.51. The quantitative estimate of drug-likeness (QED) is 0.697. The molecule has 1 unspecified atom stereocenters. The Labute approximate surface area is 171 Å². The van der Waals surface area contributed by atoms with E-state index < -0.39 is 5.41 Å². The fraction of sp³-hybridized carbons (Fsp3) is 0.190. The van der Waals surface area contributed by atoms with Crippen LogP contribution in [0, 0.1) is 0 Å². The van der Waals surface area contributed by atoms with E-state index in [4.69, 9.17) is 11.6 Å². The van der Waals surface area contributed by atoms with Crippen LogP contribution in [0.3, 0.4) is 0 Å². The van der Waals surface area contributed by atoms with Gasteiger partial charge in [0.05, 0.1) is 22.7 Å². The molecule has 0 bridgehead atoms. The summed E-state index contributed by atoms with van der Waals surface area (Å²) >= 11 is 5.83. The van der Waals surface area contributed by atoms with Gasteiger partial charge in [-0.3, -0.25) is 19.6 Å². The summed E-state index contributed by atoms with van der Waals surface area (Å²) in [6.45, 7) is 0.278. The molecule has 2 amide bonds. The Morgan fingerprint density at radius 2 is 2.00 bits per heavy atom. The zero-order chi connectivity index (χ0) is 20.0. The van der Waals surface area contributed by atoms with Crippen LogP contribution >= 0.6 is 11.6 Å². The Morgan fingerprint density at radius 1 is 1.14 bits per heavy atom. The standard InChI is InChI=1S/C21H16ClN5O2/c22-14-3-4-15(24-10-14)11-26-19(28)17-6-12-7-21(8-13(12)9-25-17)16-2-1-5-23-18(16)27-20(21)29/h1-6,9-10H,7-8,11H2,(H,26,28)(H,23,27,29). The van der Waals surface area contributed by atoms with Crippen LogP contribution < -0.4 is 10.6 Å². The first kappa shape index (κ1) is 17.8. The highest BCUT2D eigenvalue weighted by Crippen LogP contribution is 2.46. The largest absolute Gasteiger partial charge is 0.345 e. The fourth-order valence-corrected chi connectivity index (χ4v) is 4.16. The molecule has 3 aromatic heterocycles. The van der Waals surface area contributed by atoms with Gasteiger partial charge in [0.15, 0.2) is 0 Å². The maximum atomic E-state index is 12.8. The number of nitrogens with one attached hydrogen (secondary N) is 2. The maximum Gasteiger partial charge on any atom is 0.270 e. The van der Waals surface area contributed by atoms with Crippen LogP contribution in [-0.2, 0) is 29.6 Å². The van der Waals surface area contributed by atoms with E-state index in [9.17, 15) is 9.59 Å². The van der Waals surface area contributed by atoms with Crippen molar-refractivity contribution < 1.29 is 9.59 Å². The zero-order valence-corrected chi connectivity index (χ0v) is 16.0. The van der Waals surface area contributed by atoms with Crippen molar-refractivity contribution in [2.45, 2.75) is 24.8 Å². The first-order chi connectivity index (χ1) is 14.0. The molecule has 144 valence electrons. The average molecular weight is 406 g/mol. The molecule has 1 aliphatic heterocycles. The maximum absolute atomic E-state index is 12.8. The molecule has 2 N–H and O–H groups in total. The number of fused-ring (bicyclic) bond motifs is 3. The van der Waals surface area contributed by atoms with Crippen LogP contribution in [0.5, 0.6) is 0 Å². The Bertz CT molecular complexity index is 1150. The molecular weight excluding hydrogens is 390 g/mol.